The van der Waals surface area contributed by atoms with Crippen molar-refractivity contribution >= 4 is 5.82 Å². The molecule has 0 radical (unpaired) electrons. The van der Waals surface area contributed by atoms with Crippen LogP contribution in [0, 0.1) is 0 Å². The number of hydrogen-bond donors (Lipinski definition) is 1. The van der Waals surface area contributed by atoms with Gasteiger partial charge in [-0.05, 0) is 29.3 Å². The summed E-state index contributed by atoms with van der Waals surface area (Å²) in [6, 6.07) is 5.21. The first-order valence-electron chi connectivity index (χ1n) is 5.76. The Bertz CT molecular complexity index is 681. The molecule has 0 spiro atoms. The van der Waals surface area contributed by atoms with E-state index in [0.717, 1.165) is 30.5 Å². The smallest absolute Gasteiger partial charge is 0.406 e. The molecule has 118 valence electrons. The topological polar surface area (TPSA) is 48.1 Å². The molecule has 22 heavy (non-hydrogen) atoms. The normalized spacial score (nSPS) is 12.3. The van der Waals surface area contributed by atoms with Crippen LogP contribution in [-0.4, -0.2) is 11.3 Å². The molecule has 1 heterocycles. The minimum absolute atomic E-state index is 0.122. The highest BCUT2D eigenvalue weighted by Crippen LogP contribution is 2.40. The third kappa shape index (κ3) is 3.60. The molecule has 9 heteroatoms. The van der Waals surface area contributed by atoms with Crippen molar-refractivity contribution in [1.82, 2.24) is 4.98 Å². The van der Waals surface area contributed by atoms with E-state index in [4.69, 9.17) is 5.73 Å². The van der Waals surface area contributed by atoms with Crippen molar-refractivity contribution in [2.24, 2.45) is 0 Å². The van der Waals surface area contributed by atoms with Gasteiger partial charge in [-0.15, -0.1) is 13.2 Å². The summed E-state index contributed by atoms with van der Waals surface area (Å²) in [7, 11) is 0. The van der Waals surface area contributed by atoms with Crippen molar-refractivity contribution in [2.75, 3.05) is 5.73 Å². The van der Waals surface area contributed by atoms with E-state index in [9.17, 15) is 26.3 Å². The molecule has 0 aliphatic rings. The number of nitrogen functional groups attached to an aromatic ring is 1. The predicted molar refractivity (Wildman–Crippen MR) is 65.8 cm³/mol. The lowest BCUT2D eigenvalue weighted by Crippen LogP contribution is -2.17. The second-order valence-electron chi connectivity index (χ2n) is 4.19. The minimum atomic E-state index is -4.94. The van der Waals surface area contributed by atoms with E-state index in [1.807, 2.05) is 0 Å². The molecule has 1 aromatic heterocycles. The van der Waals surface area contributed by atoms with Crippen LogP contribution in [0.5, 0.6) is 5.75 Å². The molecule has 0 aliphatic heterocycles. The Balaban J connectivity index is 2.54. The van der Waals surface area contributed by atoms with Crippen molar-refractivity contribution in [2.45, 2.75) is 12.5 Å². The molecular weight excluding hydrogens is 314 g/mol. The monoisotopic (exact) mass is 322 g/mol. The molecule has 0 fully saturated rings. The third-order valence-corrected chi connectivity index (χ3v) is 2.64. The summed E-state index contributed by atoms with van der Waals surface area (Å²) < 4.78 is 79.3. The molecule has 0 unspecified atom stereocenters. The number of ether oxygens (including phenoxy) is 1. The maximum Gasteiger partial charge on any atom is 0.573 e. The van der Waals surface area contributed by atoms with E-state index in [1.54, 1.807) is 0 Å². The average molecular weight is 322 g/mol. The van der Waals surface area contributed by atoms with Crippen LogP contribution in [0.15, 0.2) is 36.5 Å². The second kappa shape index (κ2) is 5.39. The SMILES string of the molecule is Nc1nccc(-c2cccc(OC(F)(F)F)c2)c1C(F)(F)F. The van der Waals surface area contributed by atoms with Gasteiger partial charge in [-0.2, -0.15) is 13.2 Å². The van der Waals surface area contributed by atoms with Crippen molar-refractivity contribution in [3.8, 4) is 16.9 Å². The van der Waals surface area contributed by atoms with Gasteiger partial charge < -0.3 is 10.5 Å². The molecular formula is C13H8F6N2O. The zero-order valence-corrected chi connectivity index (χ0v) is 10.7. The highest BCUT2D eigenvalue weighted by atomic mass is 19.4. The fourth-order valence-corrected chi connectivity index (χ4v) is 1.88. The van der Waals surface area contributed by atoms with Gasteiger partial charge in [-0.25, -0.2) is 4.98 Å². The fraction of sp³-hybridized carbons (Fsp3) is 0.154. The summed E-state index contributed by atoms with van der Waals surface area (Å²) in [4.78, 5) is 3.36. The maximum absolute atomic E-state index is 13.0. The number of hydrogen-bond acceptors (Lipinski definition) is 3. The van der Waals surface area contributed by atoms with Gasteiger partial charge in [-0.1, -0.05) is 12.1 Å². The number of anilines is 1. The Morgan fingerprint density at radius 3 is 2.27 bits per heavy atom. The molecule has 2 aromatic rings. The Morgan fingerprint density at radius 2 is 1.68 bits per heavy atom. The molecule has 2 N–H and O–H groups in total. The molecule has 1 aromatic carbocycles. The average Bonchev–Trinajstić information content (AvgIpc) is 2.35. The van der Waals surface area contributed by atoms with Gasteiger partial charge in [0.05, 0.1) is 0 Å². The van der Waals surface area contributed by atoms with Gasteiger partial charge in [0.15, 0.2) is 0 Å². The largest absolute Gasteiger partial charge is 0.573 e. The summed E-state index contributed by atoms with van der Waals surface area (Å²) >= 11 is 0. The van der Waals surface area contributed by atoms with Crippen LogP contribution in [0.2, 0.25) is 0 Å². The van der Waals surface area contributed by atoms with Gasteiger partial charge in [0.1, 0.15) is 17.1 Å². The highest BCUT2D eigenvalue weighted by Gasteiger charge is 2.37. The first-order valence-corrected chi connectivity index (χ1v) is 5.76. The molecule has 0 amide bonds. The van der Waals surface area contributed by atoms with E-state index in [2.05, 4.69) is 9.72 Å². The first kappa shape index (κ1) is 15.9. The lowest BCUT2D eigenvalue weighted by Gasteiger charge is -2.15. The maximum atomic E-state index is 13.0. The quantitative estimate of drug-likeness (QED) is 0.841. The first-order chi connectivity index (χ1) is 10.1. The summed E-state index contributed by atoms with van der Waals surface area (Å²) in [5.41, 5.74) is 3.53. The lowest BCUT2D eigenvalue weighted by atomic mass is 10.0. The number of aromatic nitrogens is 1. The summed E-state index contributed by atoms with van der Waals surface area (Å²) in [6.07, 6.45) is -8.70. The number of halogens is 6. The van der Waals surface area contributed by atoms with Gasteiger partial charge in [-0.3, -0.25) is 0 Å². The van der Waals surface area contributed by atoms with Crippen LogP contribution in [0.25, 0.3) is 11.1 Å². The highest BCUT2D eigenvalue weighted by molar-refractivity contribution is 5.73. The second-order valence-corrected chi connectivity index (χ2v) is 4.19. The van der Waals surface area contributed by atoms with Gasteiger partial charge in [0, 0.05) is 6.20 Å². The zero-order chi connectivity index (χ0) is 16.5. The van der Waals surface area contributed by atoms with Crippen LogP contribution in [-0.2, 0) is 6.18 Å². The number of rotatable bonds is 2. The van der Waals surface area contributed by atoms with Crippen LogP contribution in [0.3, 0.4) is 0 Å². The van der Waals surface area contributed by atoms with Gasteiger partial charge >= 0.3 is 12.5 Å². The summed E-state index contributed by atoms with van der Waals surface area (Å²) in [5, 5.41) is 0. The summed E-state index contributed by atoms with van der Waals surface area (Å²) in [5.74, 6) is -1.39. The predicted octanol–water partition coefficient (Wildman–Crippen LogP) is 4.25. The standard InChI is InChI=1S/C13H8F6N2O/c14-12(15,16)10-9(4-5-21-11(10)20)7-2-1-3-8(6-7)22-13(17,18)19/h1-6H,(H2,20,21). The molecule has 0 atom stereocenters. The van der Waals surface area contributed by atoms with Crippen molar-refractivity contribution in [3.63, 3.8) is 0 Å². The van der Waals surface area contributed by atoms with E-state index >= 15 is 0 Å². The van der Waals surface area contributed by atoms with Crippen LogP contribution < -0.4 is 10.5 Å². The molecule has 0 aliphatic carbocycles. The Morgan fingerprint density at radius 1 is 1.00 bits per heavy atom. The third-order valence-electron chi connectivity index (χ3n) is 2.64. The van der Waals surface area contributed by atoms with Crippen LogP contribution >= 0.6 is 0 Å². The number of alkyl halides is 6. The molecule has 0 bridgehead atoms. The fourth-order valence-electron chi connectivity index (χ4n) is 1.88. The van der Waals surface area contributed by atoms with Crippen LogP contribution in [0.1, 0.15) is 5.56 Å². The van der Waals surface area contributed by atoms with E-state index in [-0.39, 0.29) is 11.1 Å². The number of pyridine rings is 1. The number of nitrogens with two attached hydrogens (primary N) is 1. The van der Waals surface area contributed by atoms with Crippen molar-refractivity contribution in [1.29, 1.82) is 0 Å². The van der Waals surface area contributed by atoms with Gasteiger partial charge in [0.2, 0.25) is 0 Å². The Hall–Kier alpha value is -2.45. The van der Waals surface area contributed by atoms with E-state index < -0.39 is 29.7 Å². The number of benzene rings is 1. The van der Waals surface area contributed by atoms with Crippen molar-refractivity contribution < 1.29 is 31.1 Å². The molecule has 0 saturated carbocycles. The molecule has 3 nitrogen and oxygen atoms in total. The van der Waals surface area contributed by atoms with E-state index in [0.29, 0.717) is 0 Å². The Labute approximate surface area is 120 Å². The minimum Gasteiger partial charge on any atom is -0.406 e. The molecule has 2 rings (SSSR count). The van der Waals surface area contributed by atoms with E-state index in [1.165, 1.54) is 6.07 Å². The zero-order valence-electron chi connectivity index (χ0n) is 10.7. The lowest BCUT2D eigenvalue weighted by molar-refractivity contribution is -0.274. The van der Waals surface area contributed by atoms with Crippen LogP contribution in [0.4, 0.5) is 32.2 Å². The Kier molecular flexibility index (Phi) is 3.90. The molecule has 0 saturated heterocycles. The summed E-state index contributed by atoms with van der Waals surface area (Å²) in [6.45, 7) is 0. The number of nitrogens with zero attached hydrogens (tertiary/aromatic N) is 1. The van der Waals surface area contributed by atoms with Crippen molar-refractivity contribution in [3.05, 3.63) is 42.1 Å². The van der Waals surface area contributed by atoms with Gasteiger partial charge in [0.25, 0.3) is 0 Å².